The van der Waals surface area contributed by atoms with Gasteiger partial charge in [-0.05, 0) is 12.8 Å². The van der Waals surface area contributed by atoms with Crippen LogP contribution in [-0.2, 0) is 9.53 Å². The van der Waals surface area contributed by atoms with Crippen molar-refractivity contribution in [3.8, 4) is 0 Å². The largest absolute Gasteiger partial charge is 0.379 e. The predicted molar refractivity (Wildman–Crippen MR) is 59.4 cm³/mol. The minimum atomic E-state index is -0.154. The van der Waals surface area contributed by atoms with Crippen LogP contribution >= 0.6 is 0 Å². The second-order valence-electron chi connectivity index (χ2n) is 4.00. The smallest absolute Gasteiger partial charge is 0.229 e. The summed E-state index contributed by atoms with van der Waals surface area (Å²) in [6.45, 7) is 5.37. The van der Waals surface area contributed by atoms with Crippen LogP contribution in [0.2, 0.25) is 0 Å². The average molecular weight is 212 g/mol. The topological polar surface area (TPSA) is 55.6 Å². The van der Waals surface area contributed by atoms with Gasteiger partial charge in [0.25, 0.3) is 0 Å². The maximum Gasteiger partial charge on any atom is 0.229 e. The molecule has 1 saturated heterocycles. The van der Waals surface area contributed by atoms with Crippen molar-refractivity contribution in [2.45, 2.75) is 18.9 Å². The lowest BCUT2D eigenvalue weighted by Gasteiger charge is -2.22. The Hall–Kier alpha value is -0.870. The number of unbranched alkanes of at least 4 members (excludes halogenated alkanes) is 1. The molecule has 0 aliphatic carbocycles. The number of nitrogens with zero attached hydrogens (tertiary/aromatic N) is 1. The first-order chi connectivity index (χ1) is 7.16. The van der Waals surface area contributed by atoms with Crippen LogP contribution in [-0.4, -0.2) is 43.7 Å². The standard InChI is InChI=1S/C11H20N2O2/c1-3-4-5-6-13(2)11(14)9-7-15-8-10(9)12/h3,9-10H,1,4-8,12H2,2H3. The molecule has 1 rings (SSSR count). The molecule has 1 heterocycles. The number of hydrogen-bond donors (Lipinski definition) is 1. The summed E-state index contributed by atoms with van der Waals surface area (Å²) in [6, 6.07) is -0.139. The highest BCUT2D eigenvalue weighted by Gasteiger charge is 2.32. The van der Waals surface area contributed by atoms with Gasteiger partial charge >= 0.3 is 0 Å². The van der Waals surface area contributed by atoms with Crippen molar-refractivity contribution in [1.82, 2.24) is 4.90 Å². The highest BCUT2D eigenvalue weighted by Crippen LogP contribution is 2.14. The van der Waals surface area contributed by atoms with Crippen molar-refractivity contribution in [3.63, 3.8) is 0 Å². The fourth-order valence-corrected chi connectivity index (χ4v) is 1.69. The van der Waals surface area contributed by atoms with E-state index in [0.717, 1.165) is 19.4 Å². The van der Waals surface area contributed by atoms with Gasteiger partial charge in [-0.25, -0.2) is 0 Å². The van der Waals surface area contributed by atoms with Crippen LogP contribution in [0.25, 0.3) is 0 Å². The van der Waals surface area contributed by atoms with Crippen molar-refractivity contribution < 1.29 is 9.53 Å². The fraction of sp³-hybridized carbons (Fsp3) is 0.727. The minimum Gasteiger partial charge on any atom is -0.379 e. The zero-order valence-corrected chi connectivity index (χ0v) is 9.32. The van der Waals surface area contributed by atoms with E-state index in [4.69, 9.17) is 10.5 Å². The van der Waals surface area contributed by atoms with Crippen molar-refractivity contribution >= 4 is 5.91 Å². The SMILES string of the molecule is C=CCCCN(C)C(=O)C1COCC1N. The van der Waals surface area contributed by atoms with Crippen molar-refractivity contribution in [3.05, 3.63) is 12.7 Å². The normalized spacial score (nSPS) is 25.2. The summed E-state index contributed by atoms with van der Waals surface area (Å²) in [5.41, 5.74) is 5.78. The predicted octanol–water partition coefficient (Wildman–Crippen LogP) is 0.385. The van der Waals surface area contributed by atoms with Crippen LogP contribution in [0.15, 0.2) is 12.7 Å². The van der Waals surface area contributed by atoms with E-state index in [1.807, 2.05) is 13.1 Å². The number of carbonyl (C=O) groups excluding carboxylic acids is 1. The van der Waals surface area contributed by atoms with E-state index < -0.39 is 0 Å². The Kier molecular flexibility index (Phi) is 4.78. The van der Waals surface area contributed by atoms with Crippen LogP contribution in [0.5, 0.6) is 0 Å². The molecule has 0 aromatic rings. The number of amides is 1. The van der Waals surface area contributed by atoms with Gasteiger partial charge in [-0.3, -0.25) is 4.79 Å². The highest BCUT2D eigenvalue weighted by molar-refractivity contribution is 5.79. The summed E-state index contributed by atoms with van der Waals surface area (Å²) >= 11 is 0. The molecule has 0 spiro atoms. The summed E-state index contributed by atoms with van der Waals surface area (Å²) in [7, 11) is 1.82. The quantitative estimate of drug-likeness (QED) is 0.529. The Bertz CT molecular complexity index is 231. The first-order valence-corrected chi connectivity index (χ1v) is 5.36. The van der Waals surface area contributed by atoms with Gasteiger partial charge in [-0.1, -0.05) is 6.08 Å². The molecule has 15 heavy (non-hydrogen) atoms. The molecule has 0 radical (unpaired) electrons. The van der Waals surface area contributed by atoms with E-state index in [1.165, 1.54) is 0 Å². The summed E-state index contributed by atoms with van der Waals surface area (Å²) in [4.78, 5) is 13.6. The molecule has 0 aromatic heterocycles. The van der Waals surface area contributed by atoms with Gasteiger partial charge in [0.05, 0.1) is 19.1 Å². The molecular formula is C11H20N2O2. The highest BCUT2D eigenvalue weighted by atomic mass is 16.5. The lowest BCUT2D eigenvalue weighted by Crippen LogP contribution is -2.42. The number of nitrogens with two attached hydrogens (primary N) is 1. The number of allylic oxidation sites excluding steroid dienone is 1. The summed E-state index contributed by atoms with van der Waals surface area (Å²) in [5.74, 6) is -0.0530. The lowest BCUT2D eigenvalue weighted by molar-refractivity contribution is -0.134. The minimum absolute atomic E-state index is 0.101. The summed E-state index contributed by atoms with van der Waals surface area (Å²) in [5, 5.41) is 0. The van der Waals surface area contributed by atoms with E-state index in [-0.39, 0.29) is 17.9 Å². The zero-order chi connectivity index (χ0) is 11.3. The maximum atomic E-state index is 11.9. The molecule has 2 atom stereocenters. The van der Waals surface area contributed by atoms with Gasteiger partial charge < -0.3 is 15.4 Å². The molecule has 2 unspecified atom stereocenters. The number of rotatable bonds is 5. The van der Waals surface area contributed by atoms with Crippen LogP contribution < -0.4 is 5.73 Å². The average Bonchev–Trinajstić information content (AvgIpc) is 2.63. The summed E-state index contributed by atoms with van der Waals surface area (Å²) < 4.78 is 5.18. The van der Waals surface area contributed by atoms with Crippen LogP contribution in [0.4, 0.5) is 0 Å². The van der Waals surface area contributed by atoms with Gasteiger partial charge in [-0.15, -0.1) is 6.58 Å². The Morgan fingerprint density at radius 1 is 1.67 bits per heavy atom. The van der Waals surface area contributed by atoms with Crippen LogP contribution in [0.3, 0.4) is 0 Å². The molecule has 86 valence electrons. The molecule has 4 heteroatoms. The van der Waals surface area contributed by atoms with Gasteiger partial charge in [0, 0.05) is 19.6 Å². The van der Waals surface area contributed by atoms with E-state index in [9.17, 15) is 4.79 Å². The Balaban J connectivity index is 2.34. The van der Waals surface area contributed by atoms with Gasteiger partial charge in [0.2, 0.25) is 5.91 Å². The molecule has 1 aliphatic heterocycles. The lowest BCUT2D eigenvalue weighted by atomic mass is 10.0. The third kappa shape index (κ3) is 3.32. The van der Waals surface area contributed by atoms with Crippen LogP contribution in [0, 0.1) is 5.92 Å². The third-order valence-corrected chi connectivity index (χ3v) is 2.72. The maximum absolute atomic E-state index is 11.9. The first-order valence-electron chi connectivity index (χ1n) is 5.36. The molecule has 4 nitrogen and oxygen atoms in total. The number of carbonyl (C=O) groups is 1. The van der Waals surface area contributed by atoms with E-state index >= 15 is 0 Å². The van der Waals surface area contributed by atoms with Gasteiger partial charge in [-0.2, -0.15) is 0 Å². The Morgan fingerprint density at radius 2 is 2.40 bits per heavy atom. The Labute approximate surface area is 91.1 Å². The molecule has 1 fully saturated rings. The van der Waals surface area contributed by atoms with Crippen molar-refractivity contribution in [1.29, 1.82) is 0 Å². The molecule has 1 amide bonds. The van der Waals surface area contributed by atoms with E-state index in [0.29, 0.717) is 13.2 Å². The van der Waals surface area contributed by atoms with E-state index in [1.54, 1.807) is 4.90 Å². The Morgan fingerprint density at radius 3 is 2.93 bits per heavy atom. The molecule has 0 saturated carbocycles. The molecule has 2 N–H and O–H groups in total. The molecule has 0 bridgehead atoms. The second-order valence-corrected chi connectivity index (χ2v) is 4.00. The van der Waals surface area contributed by atoms with Crippen LogP contribution in [0.1, 0.15) is 12.8 Å². The fourth-order valence-electron chi connectivity index (χ4n) is 1.69. The summed E-state index contributed by atoms with van der Waals surface area (Å²) in [6.07, 6.45) is 3.75. The number of ether oxygens (including phenoxy) is 1. The second kappa shape index (κ2) is 5.88. The molecular weight excluding hydrogens is 192 g/mol. The van der Waals surface area contributed by atoms with Gasteiger partial charge in [0.1, 0.15) is 0 Å². The number of hydrogen-bond acceptors (Lipinski definition) is 3. The third-order valence-electron chi connectivity index (χ3n) is 2.72. The van der Waals surface area contributed by atoms with Gasteiger partial charge in [0.15, 0.2) is 0 Å². The molecule has 1 aliphatic rings. The monoisotopic (exact) mass is 212 g/mol. The van der Waals surface area contributed by atoms with Crippen molar-refractivity contribution in [2.75, 3.05) is 26.8 Å². The zero-order valence-electron chi connectivity index (χ0n) is 9.32. The van der Waals surface area contributed by atoms with Crippen molar-refractivity contribution in [2.24, 2.45) is 11.7 Å². The van der Waals surface area contributed by atoms with E-state index in [2.05, 4.69) is 6.58 Å². The molecule has 0 aromatic carbocycles. The first kappa shape index (κ1) is 12.2.